The molecule has 3 rings (SSSR count). The summed E-state index contributed by atoms with van der Waals surface area (Å²) in [6.07, 6.45) is -2.93. The average Bonchev–Trinajstić information content (AvgIpc) is 3.10. The van der Waals surface area contributed by atoms with Gasteiger partial charge in [0.05, 0.1) is 10.6 Å². The fourth-order valence-electron chi connectivity index (χ4n) is 2.97. The second-order valence-corrected chi connectivity index (χ2v) is 8.56. The van der Waals surface area contributed by atoms with E-state index in [0.717, 1.165) is 16.4 Å². The van der Waals surface area contributed by atoms with Gasteiger partial charge in [-0.1, -0.05) is 23.7 Å². The fourth-order valence-corrected chi connectivity index (χ4v) is 4.99. The Labute approximate surface area is 159 Å². The van der Waals surface area contributed by atoms with Gasteiger partial charge in [-0.05, 0) is 31.0 Å². The molecular weight excluding hydrogens is 407 g/mol. The minimum Gasteiger partial charge on any atom is -0.339 e. The average molecular weight is 424 g/mol. The van der Waals surface area contributed by atoms with E-state index in [-0.39, 0.29) is 24.0 Å². The molecule has 2 aromatic rings. The summed E-state index contributed by atoms with van der Waals surface area (Å²) in [4.78, 5) is 3.68. The van der Waals surface area contributed by atoms with Gasteiger partial charge in [0.1, 0.15) is 4.90 Å². The zero-order valence-corrected chi connectivity index (χ0v) is 15.9. The lowest BCUT2D eigenvalue weighted by Crippen LogP contribution is -2.39. The van der Waals surface area contributed by atoms with Crippen LogP contribution in [0.15, 0.2) is 27.6 Å². The molecule has 0 amide bonds. The van der Waals surface area contributed by atoms with Crippen LogP contribution >= 0.6 is 11.6 Å². The largest absolute Gasteiger partial charge is 0.416 e. The van der Waals surface area contributed by atoms with Crippen LogP contribution in [0.1, 0.15) is 43.0 Å². The Morgan fingerprint density at radius 3 is 2.74 bits per heavy atom. The lowest BCUT2D eigenvalue weighted by Gasteiger charge is -2.30. The molecule has 1 aromatic heterocycles. The van der Waals surface area contributed by atoms with Crippen LogP contribution in [0.5, 0.6) is 0 Å². The number of hydrogen-bond donors (Lipinski definition) is 0. The van der Waals surface area contributed by atoms with Gasteiger partial charge >= 0.3 is 6.18 Å². The van der Waals surface area contributed by atoms with Crippen LogP contribution < -0.4 is 0 Å². The van der Waals surface area contributed by atoms with Crippen molar-refractivity contribution in [3.63, 3.8) is 0 Å². The predicted octanol–water partition coefficient (Wildman–Crippen LogP) is 3.87. The van der Waals surface area contributed by atoms with Gasteiger partial charge in [-0.2, -0.15) is 22.5 Å². The standard InChI is InChI=1S/C16H17ClF3N3O3S/c1-2-14-21-15(22-26-14)10-4-3-7-23(9-10)27(24,25)13-8-11(16(18,19)20)5-6-12(13)17/h5-6,8,10H,2-4,7,9H2,1H3. The Balaban J connectivity index is 1.90. The van der Waals surface area contributed by atoms with Crippen molar-refractivity contribution in [1.29, 1.82) is 0 Å². The van der Waals surface area contributed by atoms with E-state index in [2.05, 4.69) is 10.1 Å². The zero-order chi connectivity index (χ0) is 19.8. The van der Waals surface area contributed by atoms with E-state index in [0.29, 0.717) is 37.0 Å². The molecule has 1 unspecified atom stereocenters. The molecule has 1 aliphatic rings. The summed E-state index contributed by atoms with van der Waals surface area (Å²) in [5, 5.41) is 3.63. The molecule has 0 spiro atoms. The maximum atomic E-state index is 13.0. The van der Waals surface area contributed by atoms with E-state index < -0.39 is 26.7 Å². The Bertz CT molecular complexity index is 930. The molecule has 148 valence electrons. The molecule has 0 aliphatic carbocycles. The second kappa shape index (κ2) is 7.40. The molecular formula is C16H17ClF3N3O3S. The number of nitrogens with zero attached hydrogens (tertiary/aromatic N) is 3. The highest BCUT2D eigenvalue weighted by molar-refractivity contribution is 7.89. The third kappa shape index (κ3) is 4.12. The van der Waals surface area contributed by atoms with Gasteiger partial charge in [0.15, 0.2) is 5.82 Å². The lowest BCUT2D eigenvalue weighted by atomic mass is 9.99. The first-order valence-corrected chi connectivity index (χ1v) is 10.1. The second-order valence-electron chi connectivity index (χ2n) is 6.25. The van der Waals surface area contributed by atoms with Gasteiger partial charge in [0.2, 0.25) is 15.9 Å². The third-order valence-corrected chi connectivity index (χ3v) is 6.76. The monoisotopic (exact) mass is 423 g/mol. The van der Waals surface area contributed by atoms with Crippen molar-refractivity contribution in [2.75, 3.05) is 13.1 Å². The molecule has 1 saturated heterocycles. The topological polar surface area (TPSA) is 76.3 Å². The van der Waals surface area contributed by atoms with E-state index in [1.807, 2.05) is 6.92 Å². The smallest absolute Gasteiger partial charge is 0.339 e. The van der Waals surface area contributed by atoms with Crippen LogP contribution in [0, 0.1) is 0 Å². The van der Waals surface area contributed by atoms with Crippen molar-refractivity contribution >= 4 is 21.6 Å². The number of aromatic nitrogens is 2. The zero-order valence-electron chi connectivity index (χ0n) is 14.3. The number of sulfonamides is 1. The van der Waals surface area contributed by atoms with Crippen molar-refractivity contribution in [3.8, 4) is 0 Å². The summed E-state index contributed by atoms with van der Waals surface area (Å²) in [5.41, 5.74) is -1.07. The van der Waals surface area contributed by atoms with E-state index in [9.17, 15) is 21.6 Å². The summed E-state index contributed by atoms with van der Waals surface area (Å²) in [5.74, 6) is 0.565. The highest BCUT2D eigenvalue weighted by atomic mass is 35.5. The predicted molar refractivity (Wildman–Crippen MR) is 90.9 cm³/mol. The van der Waals surface area contributed by atoms with Crippen molar-refractivity contribution in [1.82, 2.24) is 14.4 Å². The highest BCUT2D eigenvalue weighted by Crippen LogP contribution is 2.36. The molecule has 0 radical (unpaired) electrons. The summed E-state index contributed by atoms with van der Waals surface area (Å²) in [6.45, 7) is 2.09. The SMILES string of the molecule is CCc1nc(C2CCCN(S(=O)(=O)c3cc(C(F)(F)F)ccc3Cl)C2)no1. The number of benzene rings is 1. The van der Waals surface area contributed by atoms with Crippen LogP contribution in [-0.2, 0) is 22.6 Å². The molecule has 0 bridgehead atoms. The molecule has 0 saturated carbocycles. The maximum Gasteiger partial charge on any atom is 0.416 e. The fraction of sp³-hybridized carbons (Fsp3) is 0.500. The third-order valence-electron chi connectivity index (χ3n) is 4.41. The summed E-state index contributed by atoms with van der Waals surface area (Å²) >= 11 is 5.91. The Kier molecular flexibility index (Phi) is 5.51. The number of rotatable bonds is 4. The first-order chi connectivity index (χ1) is 12.6. The minimum atomic E-state index is -4.67. The van der Waals surface area contributed by atoms with Crippen molar-refractivity contribution in [2.24, 2.45) is 0 Å². The molecule has 1 atom stereocenters. The van der Waals surface area contributed by atoms with Gasteiger partial charge in [0.25, 0.3) is 0 Å². The first kappa shape index (κ1) is 20.1. The van der Waals surface area contributed by atoms with E-state index >= 15 is 0 Å². The number of aryl methyl sites for hydroxylation is 1. The van der Waals surface area contributed by atoms with Crippen LogP contribution in [0.3, 0.4) is 0 Å². The van der Waals surface area contributed by atoms with E-state index in [1.54, 1.807) is 0 Å². The lowest BCUT2D eigenvalue weighted by molar-refractivity contribution is -0.137. The van der Waals surface area contributed by atoms with Gasteiger partial charge in [-0.25, -0.2) is 8.42 Å². The number of halogens is 4. The molecule has 11 heteroatoms. The Morgan fingerprint density at radius 1 is 1.37 bits per heavy atom. The van der Waals surface area contributed by atoms with Crippen molar-refractivity contribution in [3.05, 3.63) is 40.5 Å². The normalized spacial score (nSPS) is 19.4. The van der Waals surface area contributed by atoms with E-state index in [1.165, 1.54) is 0 Å². The van der Waals surface area contributed by atoms with Crippen LogP contribution in [0.25, 0.3) is 0 Å². The van der Waals surface area contributed by atoms with Crippen LogP contribution in [-0.4, -0.2) is 36.0 Å². The highest BCUT2D eigenvalue weighted by Gasteiger charge is 2.37. The minimum absolute atomic E-state index is 0.0532. The first-order valence-electron chi connectivity index (χ1n) is 8.32. The summed E-state index contributed by atoms with van der Waals surface area (Å²) in [7, 11) is -4.20. The van der Waals surface area contributed by atoms with Gasteiger partial charge < -0.3 is 4.52 Å². The summed E-state index contributed by atoms with van der Waals surface area (Å²) < 4.78 is 71.0. The molecule has 1 fully saturated rings. The molecule has 1 aromatic carbocycles. The molecule has 1 aliphatic heterocycles. The number of hydrogen-bond acceptors (Lipinski definition) is 5. The van der Waals surface area contributed by atoms with Crippen LogP contribution in [0.2, 0.25) is 5.02 Å². The number of alkyl halides is 3. The van der Waals surface area contributed by atoms with Gasteiger partial charge in [-0.3, -0.25) is 0 Å². The quantitative estimate of drug-likeness (QED) is 0.746. The van der Waals surface area contributed by atoms with Crippen LogP contribution in [0.4, 0.5) is 13.2 Å². The van der Waals surface area contributed by atoms with Crippen molar-refractivity contribution < 1.29 is 26.1 Å². The van der Waals surface area contributed by atoms with Gasteiger partial charge in [0, 0.05) is 25.4 Å². The summed E-state index contributed by atoms with van der Waals surface area (Å²) in [6, 6.07) is 2.28. The van der Waals surface area contributed by atoms with E-state index in [4.69, 9.17) is 16.1 Å². The Morgan fingerprint density at radius 2 is 2.11 bits per heavy atom. The molecule has 27 heavy (non-hydrogen) atoms. The number of piperidine rings is 1. The van der Waals surface area contributed by atoms with Crippen molar-refractivity contribution in [2.45, 2.75) is 43.2 Å². The maximum absolute atomic E-state index is 13.0. The Hall–Kier alpha value is -1.65. The van der Waals surface area contributed by atoms with Gasteiger partial charge in [-0.15, -0.1) is 0 Å². The molecule has 6 nitrogen and oxygen atoms in total. The molecule has 0 N–H and O–H groups in total. The molecule has 2 heterocycles.